The Bertz CT molecular complexity index is 681. The molecule has 1 N–H and O–H groups in total. The second kappa shape index (κ2) is 8.96. The van der Waals surface area contributed by atoms with Gasteiger partial charge in [0.25, 0.3) is 0 Å². The minimum Gasteiger partial charge on any atom is -0.493 e. The van der Waals surface area contributed by atoms with E-state index in [1.807, 2.05) is 18.2 Å². The van der Waals surface area contributed by atoms with Gasteiger partial charge in [0.1, 0.15) is 5.76 Å². The number of hydrogen-bond donors (Lipinski definition) is 1. The minimum atomic E-state index is 0.249. The van der Waals surface area contributed by atoms with Crippen LogP contribution in [-0.2, 0) is 6.54 Å². The number of likely N-dealkylation sites (tertiary alicyclic amines) is 1. The highest BCUT2D eigenvalue weighted by molar-refractivity contribution is 5.55. The first kappa shape index (κ1) is 18.6. The Morgan fingerprint density at radius 2 is 1.81 bits per heavy atom. The number of ether oxygens (including phenoxy) is 3. The van der Waals surface area contributed by atoms with E-state index in [0.717, 1.165) is 31.0 Å². The van der Waals surface area contributed by atoms with Gasteiger partial charge in [0, 0.05) is 18.7 Å². The molecule has 2 heterocycles. The summed E-state index contributed by atoms with van der Waals surface area (Å²) in [7, 11) is 4.90. The first-order chi connectivity index (χ1) is 12.8. The summed E-state index contributed by atoms with van der Waals surface area (Å²) in [6.07, 6.45) is 4.25. The van der Waals surface area contributed by atoms with Crippen LogP contribution in [0.15, 0.2) is 34.9 Å². The summed E-state index contributed by atoms with van der Waals surface area (Å²) in [6.45, 7) is 3.72. The summed E-state index contributed by atoms with van der Waals surface area (Å²) in [6, 6.07) is 8.17. The molecule has 0 unspecified atom stereocenters. The fourth-order valence-electron chi connectivity index (χ4n) is 3.59. The van der Waals surface area contributed by atoms with Crippen molar-refractivity contribution in [1.29, 1.82) is 0 Å². The van der Waals surface area contributed by atoms with E-state index in [1.54, 1.807) is 27.6 Å². The van der Waals surface area contributed by atoms with Crippen LogP contribution in [0.1, 0.15) is 30.2 Å². The Kier molecular flexibility index (Phi) is 6.41. The highest BCUT2D eigenvalue weighted by Crippen LogP contribution is 2.39. The summed E-state index contributed by atoms with van der Waals surface area (Å²) in [5, 5.41) is 3.55. The predicted molar refractivity (Wildman–Crippen MR) is 100 cm³/mol. The molecular weight excluding hydrogens is 332 g/mol. The number of nitrogens with zero attached hydrogens (tertiary/aromatic N) is 1. The van der Waals surface area contributed by atoms with Crippen molar-refractivity contribution in [3.8, 4) is 17.2 Å². The molecule has 6 heteroatoms. The molecule has 0 aliphatic carbocycles. The fourth-order valence-corrected chi connectivity index (χ4v) is 3.59. The highest BCUT2D eigenvalue weighted by Gasteiger charge is 2.25. The molecule has 0 radical (unpaired) electrons. The molecule has 3 rings (SSSR count). The van der Waals surface area contributed by atoms with Gasteiger partial charge in [-0.1, -0.05) is 6.07 Å². The van der Waals surface area contributed by atoms with Crippen molar-refractivity contribution >= 4 is 0 Å². The van der Waals surface area contributed by atoms with Crippen LogP contribution in [0.3, 0.4) is 0 Å². The number of rotatable bonds is 9. The van der Waals surface area contributed by atoms with Crippen LogP contribution in [0.2, 0.25) is 0 Å². The number of benzene rings is 1. The van der Waals surface area contributed by atoms with Crippen LogP contribution in [0, 0.1) is 0 Å². The van der Waals surface area contributed by atoms with Crippen LogP contribution < -0.4 is 19.5 Å². The average Bonchev–Trinajstić information content (AvgIpc) is 3.38. The molecule has 1 aliphatic heterocycles. The zero-order valence-electron chi connectivity index (χ0n) is 15.8. The lowest BCUT2D eigenvalue weighted by molar-refractivity contribution is 0.209. The zero-order valence-corrected chi connectivity index (χ0v) is 15.8. The zero-order chi connectivity index (χ0) is 18.4. The molecule has 6 nitrogen and oxygen atoms in total. The summed E-state index contributed by atoms with van der Waals surface area (Å²) in [5.74, 6) is 3.00. The Morgan fingerprint density at radius 3 is 2.42 bits per heavy atom. The lowest BCUT2D eigenvalue weighted by atomic mass is 10.1. The number of hydrogen-bond acceptors (Lipinski definition) is 6. The highest BCUT2D eigenvalue weighted by atomic mass is 16.5. The molecule has 1 fully saturated rings. The standard InChI is InChI=1S/C20H28N2O4/c1-23-18-9-8-15(19(24-2)20(18)25-3)13-21-14-16(17-7-6-12-26-17)22-10-4-5-11-22/h6-9,12,16,21H,4-5,10-11,13-14H2,1-3H3/t16-/m1/s1. The molecule has 1 atom stereocenters. The van der Waals surface area contributed by atoms with E-state index < -0.39 is 0 Å². The Hall–Kier alpha value is -2.18. The summed E-state index contributed by atoms with van der Waals surface area (Å²) in [4.78, 5) is 2.48. The van der Waals surface area contributed by atoms with Crippen LogP contribution >= 0.6 is 0 Å². The van der Waals surface area contributed by atoms with Crippen LogP contribution in [-0.4, -0.2) is 45.9 Å². The Balaban J connectivity index is 1.69. The number of furan rings is 1. The molecule has 26 heavy (non-hydrogen) atoms. The molecule has 1 aromatic heterocycles. The monoisotopic (exact) mass is 360 g/mol. The van der Waals surface area contributed by atoms with Gasteiger partial charge in [-0.25, -0.2) is 0 Å². The third-order valence-corrected chi connectivity index (χ3v) is 4.89. The van der Waals surface area contributed by atoms with E-state index in [0.29, 0.717) is 23.8 Å². The number of nitrogens with one attached hydrogen (secondary N) is 1. The fraction of sp³-hybridized carbons (Fsp3) is 0.500. The van der Waals surface area contributed by atoms with E-state index in [1.165, 1.54) is 12.8 Å². The largest absolute Gasteiger partial charge is 0.493 e. The van der Waals surface area contributed by atoms with Gasteiger partial charge < -0.3 is 23.9 Å². The molecule has 1 saturated heterocycles. The van der Waals surface area contributed by atoms with Gasteiger partial charge in [-0.3, -0.25) is 4.90 Å². The second-order valence-corrected chi connectivity index (χ2v) is 6.40. The van der Waals surface area contributed by atoms with Gasteiger partial charge in [-0.2, -0.15) is 0 Å². The Morgan fingerprint density at radius 1 is 1.04 bits per heavy atom. The summed E-state index contributed by atoms with van der Waals surface area (Å²) < 4.78 is 22.1. The molecule has 1 aliphatic rings. The molecule has 0 bridgehead atoms. The normalized spacial score (nSPS) is 15.8. The van der Waals surface area contributed by atoms with Crippen molar-refractivity contribution in [2.45, 2.75) is 25.4 Å². The Labute approximate surface area is 155 Å². The minimum absolute atomic E-state index is 0.249. The maximum Gasteiger partial charge on any atom is 0.203 e. The molecule has 142 valence electrons. The van der Waals surface area contributed by atoms with Gasteiger partial charge in [-0.05, 0) is 44.1 Å². The van der Waals surface area contributed by atoms with E-state index in [9.17, 15) is 0 Å². The smallest absolute Gasteiger partial charge is 0.203 e. The third kappa shape index (κ3) is 3.97. The molecule has 1 aromatic carbocycles. The van der Waals surface area contributed by atoms with Crippen LogP contribution in [0.4, 0.5) is 0 Å². The molecule has 0 spiro atoms. The lowest BCUT2D eigenvalue weighted by Gasteiger charge is -2.26. The summed E-state index contributed by atoms with van der Waals surface area (Å²) in [5.41, 5.74) is 1.03. The number of methoxy groups -OCH3 is 3. The maximum atomic E-state index is 5.68. The van der Waals surface area contributed by atoms with Crippen molar-refractivity contribution in [3.63, 3.8) is 0 Å². The van der Waals surface area contributed by atoms with Gasteiger partial charge in [0.2, 0.25) is 5.75 Å². The van der Waals surface area contributed by atoms with Crippen molar-refractivity contribution in [3.05, 3.63) is 41.9 Å². The third-order valence-electron chi connectivity index (χ3n) is 4.89. The molecular formula is C20H28N2O4. The van der Waals surface area contributed by atoms with Gasteiger partial charge in [-0.15, -0.1) is 0 Å². The maximum absolute atomic E-state index is 5.68. The van der Waals surface area contributed by atoms with Crippen molar-refractivity contribution in [1.82, 2.24) is 10.2 Å². The average molecular weight is 360 g/mol. The first-order valence-corrected chi connectivity index (χ1v) is 9.04. The predicted octanol–water partition coefficient (Wildman–Crippen LogP) is 3.23. The van der Waals surface area contributed by atoms with Gasteiger partial charge in [0.05, 0.1) is 33.6 Å². The van der Waals surface area contributed by atoms with Crippen molar-refractivity contribution in [2.24, 2.45) is 0 Å². The second-order valence-electron chi connectivity index (χ2n) is 6.40. The van der Waals surface area contributed by atoms with E-state index >= 15 is 0 Å². The SMILES string of the molecule is COc1ccc(CNC[C@H](c2ccco2)N2CCCC2)c(OC)c1OC. The molecule has 0 amide bonds. The molecule has 0 saturated carbocycles. The van der Waals surface area contributed by atoms with Gasteiger partial charge in [0.15, 0.2) is 11.5 Å². The first-order valence-electron chi connectivity index (χ1n) is 9.04. The lowest BCUT2D eigenvalue weighted by Crippen LogP contribution is -2.33. The van der Waals surface area contributed by atoms with Gasteiger partial charge >= 0.3 is 0 Å². The molecule has 2 aromatic rings. The van der Waals surface area contributed by atoms with Crippen molar-refractivity contribution < 1.29 is 18.6 Å². The van der Waals surface area contributed by atoms with E-state index in [4.69, 9.17) is 18.6 Å². The van der Waals surface area contributed by atoms with Crippen LogP contribution in [0.25, 0.3) is 0 Å². The topological polar surface area (TPSA) is 56.1 Å². The van der Waals surface area contributed by atoms with Crippen LogP contribution in [0.5, 0.6) is 17.2 Å². The van der Waals surface area contributed by atoms with E-state index in [2.05, 4.69) is 16.3 Å². The van der Waals surface area contributed by atoms with E-state index in [-0.39, 0.29) is 6.04 Å². The quantitative estimate of drug-likeness (QED) is 0.741. The van der Waals surface area contributed by atoms with Crippen molar-refractivity contribution in [2.75, 3.05) is 41.0 Å². The summed E-state index contributed by atoms with van der Waals surface area (Å²) >= 11 is 0.